The summed E-state index contributed by atoms with van der Waals surface area (Å²) in [5.74, 6) is -3.53. The maximum Gasteiger partial charge on any atom is 0.277 e. The van der Waals surface area contributed by atoms with Crippen LogP contribution >= 0.6 is 0 Å². The molecule has 3 N–H and O–H groups in total. The van der Waals surface area contributed by atoms with E-state index in [0.29, 0.717) is 0 Å². The molecule has 1 aromatic carbocycles. The molecule has 0 fully saturated rings. The minimum Gasteiger partial charge on any atom is -0.350 e. The summed E-state index contributed by atoms with van der Waals surface area (Å²) in [6.45, 7) is -1.53. The molecule has 0 saturated heterocycles. The Labute approximate surface area is 120 Å². The van der Waals surface area contributed by atoms with Crippen LogP contribution in [0, 0.1) is 0 Å². The Balaban J connectivity index is 1.90. The van der Waals surface area contributed by atoms with Crippen molar-refractivity contribution < 1.29 is 13.6 Å². The third-order valence-corrected chi connectivity index (χ3v) is 2.91. The second-order valence-electron chi connectivity index (χ2n) is 4.63. The molecule has 0 bridgehead atoms. The monoisotopic (exact) mass is 294 g/mol. The lowest BCUT2D eigenvalue weighted by Gasteiger charge is -2.14. The Morgan fingerprint density at radius 2 is 2.05 bits per heavy atom. The number of carbonyl (C=O) groups is 1. The number of amides is 1. The number of alkyl halides is 2. The molecule has 112 valence electrons. The van der Waals surface area contributed by atoms with Crippen molar-refractivity contribution in [2.75, 3.05) is 13.1 Å². The fourth-order valence-corrected chi connectivity index (χ4v) is 1.74. The van der Waals surface area contributed by atoms with E-state index in [1.165, 1.54) is 0 Å². The summed E-state index contributed by atoms with van der Waals surface area (Å²) in [6.07, 6.45) is 3.51. The first kappa shape index (κ1) is 15.1. The zero-order valence-electron chi connectivity index (χ0n) is 11.3. The van der Waals surface area contributed by atoms with E-state index in [1.807, 2.05) is 12.1 Å². The van der Waals surface area contributed by atoms with Gasteiger partial charge in [-0.3, -0.25) is 4.79 Å². The van der Waals surface area contributed by atoms with E-state index in [1.54, 1.807) is 35.3 Å². The quantitative estimate of drug-likeness (QED) is 0.838. The summed E-state index contributed by atoms with van der Waals surface area (Å²) in [5, 5.41) is 6.26. The van der Waals surface area contributed by atoms with Crippen LogP contribution in [0.4, 0.5) is 8.78 Å². The first-order valence-electron chi connectivity index (χ1n) is 6.44. The fraction of sp³-hybridized carbons (Fsp3) is 0.286. The molecule has 0 saturated carbocycles. The van der Waals surface area contributed by atoms with Gasteiger partial charge in [0.2, 0.25) is 5.91 Å². The number of hydrogen-bond donors (Lipinski definition) is 2. The predicted octanol–water partition coefficient (Wildman–Crippen LogP) is 1.12. The van der Waals surface area contributed by atoms with Gasteiger partial charge in [0.05, 0.1) is 25.2 Å². The van der Waals surface area contributed by atoms with Crippen LogP contribution < -0.4 is 11.1 Å². The van der Waals surface area contributed by atoms with Crippen LogP contribution in [0.25, 0.3) is 5.69 Å². The van der Waals surface area contributed by atoms with Gasteiger partial charge in [-0.1, -0.05) is 12.1 Å². The average Bonchev–Trinajstić information content (AvgIpc) is 3.00. The topological polar surface area (TPSA) is 72.9 Å². The number of nitrogens with zero attached hydrogens (tertiary/aromatic N) is 2. The van der Waals surface area contributed by atoms with Crippen molar-refractivity contribution in [3.8, 4) is 5.69 Å². The van der Waals surface area contributed by atoms with Gasteiger partial charge < -0.3 is 11.1 Å². The highest BCUT2D eigenvalue weighted by atomic mass is 19.3. The maximum absolute atomic E-state index is 12.9. The number of rotatable bonds is 6. The molecule has 2 rings (SSSR count). The molecule has 1 aromatic heterocycles. The van der Waals surface area contributed by atoms with Gasteiger partial charge in [0.15, 0.2) is 0 Å². The van der Waals surface area contributed by atoms with Crippen molar-refractivity contribution in [3.63, 3.8) is 0 Å². The average molecular weight is 294 g/mol. The van der Waals surface area contributed by atoms with Crippen LogP contribution in [0.15, 0.2) is 42.7 Å². The van der Waals surface area contributed by atoms with Gasteiger partial charge in [-0.05, 0) is 23.8 Å². The number of benzene rings is 1. The molecule has 1 heterocycles. The third-order valence-electron chi connectivity index (χ3n) is 2.91. The van der Waals surface area contributed by atoms with Crippen molar-refractivity contribution in [1.29, 1.82) is 0 Å². The molecule has 0 aliphatic rings. The summed E-state index contributed by atoms with van der Waals surface area (Å²) in [7, 11) is 0. The SMILES string of the molecule is NCC(F)(F)CNC(=O)Cc1ccc(-n2cccn2)cc1. The van der Waals surface area contributed by atoms with Crippen molar-refractivity contribution >= 4 is 5.91 Å². The molecule has 2 aromatic rings. The highest BCUT2D eigenvalue weighted by molar-refractivity contribution is 5.78. The van der Waals surface area contributed by atoms with E-state index in [2.05, 4.69) is 10.4 Å². The molecule has 0 radical (unpaired) electrons. The van der Waals surface area contributed by atoms with Crippen LogP contribution in [0.2, 0.25) is 0 Å². The number of carbonyl (C=O) groups excluding carboxylic acids is 1. The van der Waals surface area contributed by atoms with Gasteiger partial charge in [-0.25, -0.2) is 13.5 Å². The highest BCUT2D eigenvalue weighted by Gasteiger charge is 2.26. The molecule has 21 heavy (non-hydrogen) atoms. The smallest absolute Gasteiger partial charge is 0.277 e. The molecule has 0 aliphatic carbocycles. The van der Waals surface area contributed by atoms with Gasteiger partial charge in [0, 0.05) is 12.4 Å². The fourth-order valence-electron chi connectivity index (χ4n) is 1.74. The van der Waals surface area contributed by atoms with Crippen LogP contribution in [-0.2, 0) is 11.2 Å². The second kappa shape index (κ2) is 6.45. The summed E-state index contributed by atoms with van der Waals surface area (Å²) in [4.78, 5) is 11.6. The number of hydrogen-bond acceptors (Lipinski definition) is 3. The summed E-state index contributed by atoms with van der Waals surface area (Å²) >= 11 is 0. The normalized spacial score (nSPS) is 11.4. The highest BCUT2D eigenvalue weighted by Crippen LogP contribution is 2.10. The molecule has 7 heteroatoms. The molecule has 0 atom stereocenters. The summed E-state index contributed by atoms with van der Waals surface area (Å²) in [5.41, 5.74) is 6.49. The van der Waals surface area contributed by atoms with Gasteiger partial charge >= 0.3 is 0 Å². The molecule has 0 spiro atoms. The van der Waals surface area contributed by atoms with Crippen molar-refractivity contribution in [1.82, 2.24) is 15.1 Å². The molecule has 0 unspecified atom stereocenters. The van der Waals surface area contributed by atoms with Crippen LogP contribution in [-0.4, -0.2) is 34.7 Å². The lowest BCUT2D eigenvalue weighted by atomic mass is 10.1. The molecule has 5 nitrogen and oxygen atoms in total. The van der Waals surface area contributed by atoms with Gasteiger partial charge in [-0.2, -0.15) is 5.10 Å². The Morgan fingerprint density at radius 3 is 2.62 bits per heavy atom. The Bertz CT molecular complexity index is 582. The number of aromatic nitrogens is 2. The zero-order chi connectivity index (χ0) is 15.3. The summed E-state index contributed by atoms with van der Waals surface area (Å²) in [6, 6.07) is 8.95. The van der Waals surface area contributed by atoms with Crippen LogP contribution in [0.5, 0.6) is 0 Å². The van der Waals surface area contributed by atoms with E-state index in [4.69, 9.17) is 5.73 Å². The first-order chi connectivity index (χ1) is 10.00. The van der Waals surface area contributed by atoms with E-state index < -0.39 is 24.9 Å². The second-order valence-corrected chi connectivity index (χ2v) is 4.63. The minimum absolute atomic E-state index is 0.0417. The lowest BCUT2D eigenvalue weighted by Crippen LogP contribution is -2.42. The predicted molar refractivity (Wildman–Crippen MR) is 74.3 cm³/mol. The molecule has 0 aliphatic heterocycles. The van der Waals surface area contributed by atoms with E-state index >= 15 is 0 Å². The zero-order valence-corrected chi connectivity index (χ0v) is 11.3. The lowest BCUT2D eigenvalue weighted by molar-refractivity contribution is -0.122. The molecular formula is C14H16F2N4O. The molecular weight excluding hydrogens is 278 g/mol. The number of nitrogens with two attached hydrogens (primary N) is 1. The number of nitrogens with one attached hydrogen (secondary N) is 1. The Hall–Kier alpha value is -2.28. The van der Waals surface area contributed by atoms with Crippen LogP contribution in [0.1, 0.15) is 5.56 Å². The molecule has 1 amide bonds. The summed E-state index contributed by atoms with van der Waals surface area (Å²) < 4.78 is 27.5. The van der Waals surface area contributed by atoms with Gasteiger partial charge in [0.25, 0.3) is 5.92 Å². The largest absolute Gasteiger partial charge is 0.350 e. The standard InChI is InChI=1S/C14H16F2N4O/c15-14(16,9-17)10-18-13(21)8-11-2-4-12(5-3-11)20-7-1-6-19-20/h1-7H,8-10,17H2,(H,18,21). The minimum atomic E-state index is -3.07. The van der Waals surface area contributed by atoms with E-state index in [9.17, 15) is 13.6 Å². The van der Waals surface area contributed by atoms with E-state index in [-0.39, 0.29) is 6.42 Å². The van der Waals surface area contributed by atoms with E-state index in [0.717, 1.165) is 11.3 Å². The third kappa shape index (κ3) is 4.35. The van der Waals surface area contributed by atoms with Crippen molar-refractivity contribution in [3.05, 3.63) is 48.3 Å². The van der Waals surface area contributed by atoms with Crippen LogP contribution in [0.3, 0.4) is 0 Å². The Kier molecular flexibility index (Phi) is 4.64. The maximum atomic E-state index is 12.9. The van der Waals surface area contributed by atoms with Gasteiger partial charge in [-0.15, -0.1) is 0 Å². The van der Waals surface area contributed by atoms with Crippen molar-refractivity contribution in [2.24, 2.45) is 5.73 Å². The number of halogens is 2. The van der Waals surface area contributed by atoms with Crippen molar-refractivity contribution in [2.45, 2.75) is 12.3 Å². The Morgan fingerprint density at radius 1 is 1.33 bits per heavy atom. The first-order valence-corrected chi connectivity index (χ1v) is 6.44. The van der Waals surface area contributed by atoms with Gasteiger partial charge in [0.1, 0.15) is 0 Å².